The molecule has 0 aliphatic carbocycles. The second-order valence-corrected chi connectivity index (χ2v) is 4.42. The average Bonchev–Trinajstić information content (AvgIpc) is 2.34. The number of rotatable bonds is 6. The summed E-state index contributed by atoms with van der Waals surface area (Å²) in [6, 6.07) is 7.53. The zero-order chi connectivity index (χ0) is 12.7. The van der Waals surface area contributed by atoms with Crippen molar-refractivity contribution in [3.63, 3.8) is 0 Å². The SMILES string of the molecule is CCCNC(=O)CC(CN)c1ccccc1Cl. The van der Waals surface area contributed by atoms with Crippen molar-refractivity contribution >= 4 is 17.5 Å². The van der Waals surface area contributed by atoms with E-state index >= 15 is 0 Å². The molecule has 0 aliphatic rings. The van der Waals surface area contributed by atoms with Crippen LogP contribution in [0.2, 0.25) is 5.02 Å². The van der Waals surface area contributed by atoms with E-state index in [1.807, 2.05) is 31.2 Å². The first-order valence-corrected chi connectivity index (χ1v) is 6.28. The molecule has 1 unspecified atom stereocenters. The molecule has 17 heavy (non-hydrogen) atoms. The number of carbonyl (C=O) groups excluding carboxylic acids is 1. The lowest BCUT2D eigenvalue weighted by Crippen LogP contribution is -2.27. The molecule has 1 amide bonds. The second kappa shape index (κ2) is 7.30. The van der Waals surface area contributed by atoms with Gasteiger partial charge in [-0.2, -0.15) is 0 Å². The van der Waals surface area contributed by atoms with Gasteiger partial charge in [0.05, 0.1) is 0 Å². The fraction of sp³-hybridized carbons (Fsp3) is 0.462. The molecule has 1 aromatic carbocycles. The fourth-order valence-electron chi connectivity index (χ4n) is 1.69. The van der Waals surface area contributed by atoms with E-state index in [2.05, 4.69) is 5.32 Å². The van der Waals surface area contributed by atoms with Crippen LogP contribution in [0.4, 0.5) is 0 Å². The van der Waals surface area contributed by atoms with E-state index < -0.39 is 0 Å². The number of amides is 1. The van der Waals surface area contributed by atoms with Crippen LogP contribution in [0.1, 0.15) is 31.2 Å². The number of hydrogen-bond donors (Lipinski definition) is 2. The Morgan fingerprint density at radius 1 is 1.47 bits per heavy atom. The molecule has 0 saturated carbocycles. The summed E-state index contributed by atoms with van der Waals surface area (Å²) in [4.78, 5) is 11.6. The summed E-state index contributed by atoms with van der Waals surface area (Å²) in [6.45, 7) is 3.15. The molecule has 94 valence electrons. The number of nitrogens with one attached hydrogen (secondary N) is 1. The molecule has 0 fully saturated rings. The zero-order valence-electron chi connectivity index (χ0n) is 10.1. The highest BCUT2D eigenvalue weighted by Crippen LogP contribution is 2.25. The number of hydrogen-bond acceptors (Lipinski definition) is 2. The fourth-order valence-corrected chi connectivity index (χ4v) is 1.98. The molecule has 3 nitrogen and oxygen atoms in total. The molecule has 0 aromatic heterocycles. The largest absolute Gasteiger partial charge is 0.356 e. The number of halogens is 1. The van der Waals surface area contributed by atoms with Gasteiger partial charge in [-0.05, 0) is 24.6 Å². The quantitative estimate of drug-likeness (QED) is 0.819. The van der Waals surface area contributed by atoms with Gasteiger partial charge in [0.2, 0.25) is 5.91 Å². The van der Waals surface area contributed by atoms with Crippen molar-refractivity contribution in [2.45, 2.75) is 25.7 Å². The van der Waals surface area contributed by atoms with Crippen molar-refractivity contribution in [1.29, 1.82) is 0 Å². The molecule has 1 aromatic rings. The van der Waals surface area contributed by atoms with E-state index in [1.54, 1.807) is 0 Å². The molecular formula is C13H19ClN2O. The minimum atomic E-state index is -0.0134. The normalized spacial score (nSPS) is 12.2. The topological polar surface area (TPSA) is 55.1 Å². The molecule has 0 spiro atoms. The first-order chi connectivity index (χ1) is 8.19. The van der Waals surface area contributed by atoms with Crippen LogP contribution in [0.15, 0.2) is 24.3 Å². The summed E-state index contributed by atoms with van der Waals surface area (Å²) in [5.74, 6) is 0.0165. The molecule has 0 saturated heterocycles. The maximum atomic E-state index is 11.6. The van der Waals surface area contributed by atoms with Crippen LogP contribution in [0.5, 0.6) is 0 Å². The minimum Gasteiger partial charge on any atom is -0.356 e. The Labute approximate surface area is 107 Å². The highest BCUT2D eigenvalue weighted by molar-refractivity contribution is 6.31. The lowest BCUT2D eigenvalue weighted by molar-refractivity contribution is -0.121. The van der Waals surface area contributed by atoms with Crippen LogP contribution in [-0.4, -0.2) is 19.0 Å². The standard InChI is InChI=1S/C13H19ClN2O/c1-2-7-16-13(17)8-10(9-15)11-5-3-4-6-12(11)14/h3-6,10H,2,7-9,15H2,1H3,(H,16,17). The van der Waals surface area contributed by atoms with Gasteiger partial charge in [0.25, 0.3) is 0 Å². The summed E-state index contributed by atoms with van der Waals surface area (Å²) in [5, 5.41) is 3.52. The molecule has 4 heteroatoms. The zero-order valence-corrected chi connectivity index (χ0v) is 10.8. The van der Waals surface area contributed by atoms with Crippen LogP contribution in [0, 0.1) is 0 Å². The lowest BCUT2D eigenvalue weighted by Gasteiger charge is -2.16. The molecular weight excluding hydrogens is 236 g/mol. The van der Waals surface area contributed by atoms with E-state index in [1.165, 1.54) is 0 Å². The van der Waals surface area contributed by atoms with Gasteiger partial charge in [0, 0.05) is 23.9 Å². The summed E-state index contributed by atoms with van der Waals surface area (Å²) in [7, 11) is 0. The average molecular weight is 255 g/mol. The first kappa shape index (κ1) is 14.0. The maximum absolute atomic E-state index is 11.6. The lowest BCUT2D eigenvalue weighted by atomic mass is 9.95. The number of carbonyl (C=O) groups is 1. The first-order valence-electron chi connectivity index (χ1n) is 5.90. The van der Waals surface area contributed by atoms with Gasteiger partial charge >= 0.3 is 0 Å². The Bertz CT molecular complexity index is 368. The third-order valence-electron chi connectivity index (χ3n) is 2.63. The van der Waals surface area contributed by atoms with Gasteiger partial charge in [0.15, 0.2) is 0 Å². The Morgan fingerprint density at radius 3 is 2.76 bits per heavy atom. The second-order valence-electron chi connectivity index (χ2n) is 4.01. The third-order valence-corrected chi connectivity index (χ3v) is 2.98. The van der Waals surface area contributed by atoms with Crippen LogP contribution >= 0.6 is 11.6 Å². The summed E-state index contributed by atoms with van der Waals surface area (Å²) in [5.41, 5.74) is 6.66. The molecule has 0 aliphatic heterocycles. The molecule has 0 bridgehead atoms. The van der Waals surface area contributed by atoms with Crippen LogP contribution < -0.4 is 11.1 Å². The third kappa shape index (κ3) is 4.36. The Balaban J connectivity index is 2.66. The highest BCUT2D eigenvalue weighted by Gasteiger charge is 2.16. The van der Waals surface area contributed by atoms with Crippen molar-refractivity contribution in [3.8, 4) is 0 Å². The van der Waals surface area contributed by atoms with Gasteiger partial charge in [-0.3, -0.25) is 4.79 Å². The molecule has 1 rings (SSSR count). The van der Waals surface area contributed by atoms with Crippen molar-refractivity contribution in [3.05, 3.63) is 34.9 Å². The van der Waals surface area contributed by atoms with E-state index in [9.17, 15) is 4.79 Å². The number of nitrogens with two attached hydrogens (primary N) is 1. The summed E-state index contributed by atoms with van der Waals surface area (Å²) >= 11 is 6.10. The minimum absolute atomic E-state index is 0.0134. The van der Waals surface area contributed by atoms with Gasteiger partial charge < -0.3 is 11.1 Å². The highest BCUT2D eigenvalue weighted by atomic mass is 35.5. The maximum Gasteiger partial charge on any atom is 0.220 e. The molecule has 1 atom stereocenters. The van der Waals surface area contributed by atoms with Gasteiger partial charge in [-0.1, -0.05) is 36.7 Å². The molecule has 0 heterocycles. The monoisotopic (exact) mass is 254 g/mol. The van der Waals surface area contributed by atoms with Gasteiger partial charge in [-0.25, -0.2) is 0 Å². The Hall–Kier alpha value is -1.06. The smallest absolute Gasteiger partial charge is 0.220 e. The van der Waals surface area contributed by atoms with Crippen molar-refractivity contribution < 1.29 is 4.79 Å². The van der Waals surface area contributed by atoms with E-state index in [4.69, 9.17) is 17.3 Å². The van der Waals surface area contributed by atoms with Crippen molar-refractivity contribution in [2.24, 2.45) is 5.73 Å². The summed E-state index contributed by atoms with van der Waals surface area (Å²) < 4.78 is 0. The van der Waals surface area contributed by atoms with Crippen molar-refractivity contribution in [2.75, 3.05) is 13.1 Å². The molecule has 0 radical (unpaired) electrons. The Morgan fingerprint density at radius 2 is 2.18 bits per heavy atom. The van der Waals surface area contributed by atoms with E-state index in [-0.39, 0.29) is 11.8 Å². The predicted molar refractivity (Wildman–Crippen MR) is 71.2 cm³/mol. The predicted octanol–water partition coefficient (Wildman–Crippen LogP) is 2.30. The van der Waals surface area contributed by atoms with Crippen molar-refractivity contribution in [1.82, 2.24) is 5.32 Å². The van der Waals surface area contributed by atoms with Gasteiger partial charge in [0.1, 0.15) is 0 Å². The van der Waals surface area contributed by atoms with Gasteiger partial charge in [-0.15, -0.1) is 0 Å². The number of benzene rings is 1. The summed E-state index contributed by atoms with van der Waals surface area (Å²) in [6.07, 6.45) is 1.32. The van der Waals surface area contributed by atoms with E-state index in [0.29, 0.717) is 24.5 Å². The molecule has 3 N–H and O–H groups in total. The van der Waals surface area contributed by atoms with Crippen LogP contribution in [0.25, 0.3) is 0 Å². The van der Waals surface area contributed by atoms with Crippen LogP contribution in [-0.2, 0) is 4.79 Å². The van der Waals surface area contributed by atoms with E-state index in [0.717, 1.165) is 12.0 Å². The van der Waals surface area contributed by atoms with Crippen LogP contribution in [0.3, 0.4) is 0 Å². The Kier molecular flexibility index (Phi) is 6.01.